The molecule has 0 spiro atoms. The lowest BCUT2D eigenvalue weighted by atomic mass is 9.91. The molecule has 21 heavy (non-hydrogen) atoms. The number of nitrogens with one attached hydrogen (secondary N) is 1. The normalized spacial score (nSPS) is 19.4. The summed E-state index contributed by atoms with van der Waals surface area (Å²) in [6.07, 6.45) is 0. The predicted molar refractivity (Wildman–Crippen MR) is 79.9 cm³/mol. The van der Waals surface area contributed by atoms with Gasteiger partial charge in [0.2, 0.25) is 11.8 Å². The van der Waals surface area contributed by atoms with Gasteiger partial charge < -0.3 is 0 Å². The fourth-order valence-electron chi connectivity index (χ4n) is 2.59. The molecule has 1 aromatic rings. The van der Waals surface area contributed by atoms with Crippen LogP contribution in [0.15, 0.2) is 24.3 Å². The van der Waals surface area contributed by atoms with Crippen LogP contribution in [0.1, 0.15) is 39.2 Å². The highest BCUT2D eigenvalue weighted by Crippen LogP contribution is 2.31. The number of benzene rings is 1. The van der Waals surface area contributed by atoms with Crippen LogP contribution in [0.3, 0.4) is 0 Å². The number of rotatable bonds is 3. The van der Waals surface area contributed by atoms with Crippen LogP contribution < -0.4 is 10.2 Å². The van der Waals surface area contributed by atoms with Gasteiger partial charge >= 0.3 is 6.03 Å². The maximum atomic E-state index is 12.6. The number of amides is 4. The van der Waals surface area contributed by atoms with Crippen LogP contribution in [-0.4, -0.2) is 17.8 Å². The molecule has 1 unspecified atom stereocenters. The van der Waals surface area contributed by atoms with E-state index in [0.29, 0.717) is 5.69 Å². The molecule has 5 heteroatoms. The summed E-state index contributed by atoms with van der Waals surface area (Å²) in [5.41, 5.74) is 1.45. The molecule has 112 valence electrons. The molecule has 1 saturated heterocycles. The summed E-state index contributed by atoms with van der Waals surface area (Å²) in [7, 11) is 0. The summed E-state index contributed by atoms with van der Waals surface area (Å²) < 4.78 is 0. The SMILES string of the molecule is CC(C)c1ccccc1N1C(=O)NC(=O)C(C(C)C)C1=O. The molecule has 1 fully saturated rings. The largest absolute Gasteiger partial charge is 0.335 e. The van der Waals surface area contributed by atoms with Gasteiger partial charge in [-0.1, -0.05) is 45.9 Å². The third kappa shape index (κ3) is 2.68. The molecule has 0 saturated carbocycles. The Morgan fingerprint density at radius 3 is 2.24 bits per heavy atom. The summed E-state index contributed by atoms with van der Waals surface area (Å²) in [5, 5.41) is 2.28. The third-order valence-corrected chi connectivity index (χ3v) is 3.67. The number of barbiturate groups is 1. The zero-order valence-electron chi connectivity index (χ0n) is 12.7. The molecule has 1 aliphatic rings. The van der Waals surface area contributed by atoms with Crippen LogP contribution in [0.2, 0.25) is 0 Å². The van der Waals surface area contributed by atoms with E-state index in [1.165, 1.54) is 0 Å². The minimum absolute atomic E-state index is 0.164. The molecule has 0 bridgehead atoms. The lowest BCUT2D eigenvalue weighted by Gasteiger charge is -2.33. The van der Waals surface area contributed by atoms with Gasteiger partial charge in [0.05, 0.1) is 5.69 Å². The quantitative estimate of drug-likeness (QED) is 0.869. The summed E-state index contributed by atoms with van der Waals surface area (Å²) >= 11 is 0. The Bertz CT molecular complexity index is 593. The monoisotopic (exact) mass is 288 g/mol. The van der Waals surface area contributed by atoms with Crippen LogP contribution in [0, 0.1) is 11.8 Å². The Balaban J connectivity index is 2.50. The summed E-state index contributed by atoms with van der Waals surface area (Å²) in [6.45, 7) is 7.58. The van der Waals surface area contributed by atoms with Crippen molar-refractivity contribution < 1.29 is 14.4 Å². The lowest BCUT2D eigenvalue weighted by Crippen LogP contribution is -2.59. The molecule has 1 atom stereocenters. The van der Waals surface area contributed by atoms with Crippen molar-refractivity contribution in [1.29, 1.82) is 0 Å². The van der Waals surface area contributed by atoms with E-state index >= 15 is 0 Å². The van der Waals surface area contributed by atoms with Gasteiger partial charge in [-0.25, -0.2) is 9.69 Å². The van der Waals surface area contributed by atoms with Crippen molar-refractivity contribution >= 4 is 23.5 Å². The van der Waals surface area contributed by atoms with E-state index < -0.39 is 23.8 Å². The maximum Gasteiger partial charge on any atom is 0.335 e. The van der Waals surface area contributed by atoms with Crippen LogP contribution in [-0.2, 0) is 9.59 Å². The van der Waals surface area contributed by atoms with Crippen LogP contribution in [0.5, 0.6) is 0 Å². The van der Waals surface area contributed by atoms with E-state index in [1.807, 2.05) is 26.0 Å². The minimum atomic E-state index is -0.831. The smallest absolute Gasteiger partial charge is 0.277 e. The highest BCUT2D eigenvalue weighted by Gasteiger charge is 2.43. The van der Waals surface area contributed by atoms with Gasteiger partial charge in [-0.2, -0.15) is 0 Å². The van der Waals surface area contributed by atoms with E-state index in [9.17, 15) is 14.4 Å². The second kappa shape index (κ2) is 5.68. The van der Waals surface area contributed by atoms with E-state index in [-0.39, 0.29) is 11.8 Å². The first-order chi connectivity index (χ1) is 9.84. The molecule has 1 aliphatic heterocycles. The number of para-hydroxylation sites is 1. The van der Waals surface area contributed by atoms with Crippen molar-refractivity contribution in [3.8, 4) is 0 Å². The lowest BCUT2D eigenvalue weighted by molar-refractivity contribution is -0.136. The second-order valence-corrected chi connectivity index (χ2v) is 5.90. The number of hydrogen-bond acceptors (Lipinski definition) is 3. The Kier molecular flexibility index (Phi) is 4.11. The Hall–Kier alpha value is -2.17. The molecule has 1 N–H and O–H groups in total. The first kappa shape index (κ1) is 15.2. The highest BCUT2D eigenvalue weighted by molar-refractivity contribution is 6.28. The number of urea groups is 1. The summed E-state index contributed by atoms with van der Waals surface area (Å²) in [6, 6.07) is 6.61. The van der Waals surface area contributed by atoms with Crippen molar-refractivity contribution in [2.24, 2.45) is 11.8 Å². The first-order valence-electron chi connectivity index (χ1n) is 7.12. The van der Waals surface area contributed by atoms with Crippen molar-refractivity contribution in [3.05, 3.63) is 29.8 Å². The van der Waals surface area contributed by atoms with Crippen LogP contribution >= 0.6 is 0 Å². The molecule has 4 amide bonds. The Morgan fingerprint density at radius 1 is 1.05 bits per heavy atom. The van der Waals surface area contributed by atoms with Crippen LogP contribution in [0.4, 0.5) is 10.5 Å². The number of carbonyl (C=O) groups is 3. The fraction of sp³-hybridized carbons (Fsp3) is 0.438. The van der Waals surface area contributed by atoms with Crippen molar-refractivity contribution in [2.45, 2.75) is 33.6 Å². The van der Waals surface area contributed by atoms with E-state index in [4.69, 9.17) is 0 Å². The van der Waals surface area contributed by atoms with Gasteiger partial charge in [0, 0.05) is 0 Å². The van der Waals surface area contributed by atoms with Gasteiger partial charge in [-0.3, -0.25) is 14.9 Å². The Morgan fingerprint density at radius 2 is 1.67 bits per heavy atom. The molecule has 0 aromatic heterocycles. The molecule has 0 radical (unpaired) electrons. The maximum absolute atomic E-state index is 12.6. The summed E-state index contributed by atoms with van der Waals surface area (Å²) in [4.78, 5) is 37.7. The molecular formula is C16H20N2O3. The second-order valence-electron chi connectivity index (χ2n) is 5.90. The number of carbonyl (C=O) groups excluding carboxylic acids is 3. The zero-order valence-corrected chi connectivity index (χ0v) is 12.7. The van der Waals surface area contributed by atoms with Crippen molar-refractivity contribution in [1.82, 2.24) is 5.32 Å². The Labute approximate surface area is 124 Å². The molecule has 2 rings (SSSR count). The fourth-order valence-corrected chi connectivity index (χ4v) is 2.59. The van der Waals surface area contributed by atoms with E-state index in [2.05, 4.69) is 5.32 Å². The van der Waals surface area contributed by atoms with E-state index in [1.54, 1.807) is 26.0 Å². The highest BCUT2D eigenvalue weighted by atomic mass is 16.2. The third-order valence-electron chi connectivity index (χ3n) is 3.67. The van der Waals surface area contributed by atoms with Gasteiger partial charge in [-0.05, 0) is 23.5 Å². The number of anilines is 1. The number of hydrogen-bond donors (Lipinski definition) is 1. The van der Waals surface area contributed by atoms with Gasteiger partial charge in [0.25, 0.3) is 0 Å². The van der Waals surface area contributed by atoms with E-state index in [0.717, 1.165) is 10.5 Å². The molecule has 0 aliphatic carbocycles. The van der Waals surface area contributed by atoms with Gasteiger partial charge in [0.1, 0.15) is 5.92 Å². The van der Waals surface area contributed by atoms with Crippen molar-refractivity contribution in [3.63, 3.8) is 0 Å². The van der Waals surface area contributed by atoms with Gasteiger partial charge in [-0.15, -0.1) is 0 Å². The number of imide groups is 2. The molecule has 1 aromatic carbocycles. The average molecular weight is 288 g/mol. The molecule has 5 nitrogen and oxygen atoms in total. The van der Waals surface area contributed by atoms with Crippen molar-refractivity contribution in [2.75, 3.05) is 4.90 Å². The molecular weight excluding hydrogens is 268 g/mol. The molecule has 1 heterocycles. The summed E-state index contributed by atoms with van der Waals surface area (Å²) in [5.74, 6) is -1.80. The minimum Gasteiger partial charge on any atom is -0.277 e. The standard InChI is InChI=1S/C16H20N2O3/c1-9(2)11-7-5-6-8-12(11)18-15(20)13(10(3)4)14(19)17-16(18)21/h5-10,13H,1-4H3,(H,17,19,21). The predicted octanol–water partition coefficient (Wildman–Crippen LogP) is 2.67. The first-order valence-corrected chi connectivity index (χ1v) is 7.12. The van der Waals surface area contributed by atoms with Crippen LogP contribution in [0.25, 0.3) is 0 Å². The van der Waals surface area contributed by atoms with Gasteiger partial charge in [0.15, 0.2) is 0 Å². The topological polar surface area (TPSA) is 66.5 Å². The average Bonchev–Trinajstić information content (AvgIpc) is 2.37. The number of nitrogens with zero attached hydrogens (tertiary/aromatic N) is 1. The zero-order chi connectivity index (χ0) is 15.7.